The summed E-state index contributed by atoms with van der Waals surface area (Å²) < 4.78 is 0. The Hall–Kier alpha value is -0.310. The molecule has 2 nitrogen and oxygen atoms in total. The summed E-state index contributed by atoms with van der Waals surface area (Å²) in [4.78, 5) is 14.6. The monoisotopic (exact) mass is 169 g/mol. The fourth-order valence-electron chi connectivity index (χ4n) is 1.21. The van der Waals surface area contributed by atoms with Crippen molar-refractivity contribution in [2.75, 3.05) is 5.75 Å². The second-order valence-electron chi connectivity index (χ2n) is 3.17. The summed E-state index contributed by atoms with van der Waals surface area (Å²) in [5, 5.41) is 1.07. The van der Waals surface area contributed by atoms with Gasteiger partial charge in [-0.15, -0.1) is 11.8 Å². The molecule has 0 aromatic carbocycles. The average molecular weight is 169 g/mol. The van der Waals surface area contributed by atoms with Crippen LogP contribution >= 0.6 is 11.8 Å². The molecule has 1 fully saturated rings. The lowest BCUT2D eigenvalue weighted by Gasteiger charge is -1.94. The standard InChI is InChI=1S/C8H11NOS/c10-7-5-11-8(9-7)4-3-6-1-2-6/h6H,1-5H2. The van der Waals surface area contributed by atoms with Gasteiger partial charge in [-0.1, -0.05) is 12.8 Å². The third kappa shape index (κ3) is 2.06. The first-order chi connectivity index (χ1) is 5.34. The van der Waals surface area contributed by atoms with Gasteiger partial charge in [-0.2, -0.15) is 0 Å². The fourth-order valence-corrected chi connectivity index (χ4v) is 1.99. The Kier molecular flexibility index (Phi) is 1.98. The SMILES string of the molecule is O=C1CSC(CCC2CC2)=N1. The number of aliphatic imine (C=N–C) groups is 1. The molecule has 11 heavy (non-hydrogen) atoms. The zero-order valence-electron chi connectivity index (χ0n) is 6.38. The van der Waals surface area contributed by atoms with Crippen LogP contribution in [0.15, 0.2) is 4.99 Å². The Bertz CT molecular complexity index is 208. The number of hydrogen-bond donors (Lipinski definition) is 0. The second-order valence-corrected chi connectivity index (χ2v) is 4.22. The molecule has 0 atom stereocenters. The molecule has 60 valence electrons. The second kappa shape index (κ2) is 2.97. The first-order valence-corrected chi connectivity index (χ1v) is 5.06. The quantitative estimate of drug-likeness (QED) is 0.645. The number of carbonyl (C=O) groups is 1. The van der Waals surface area contributed by atoms with Gasteiger partial charge in [0.1, 0.15) is 0 Å². The van der Waals surface area contributed by atoms with E-state index in [1.807, 2.05) is 0 Å². The predicted octanol–water partition coefficient (Wildman–Crippen LogP) is 1.85. The van der Waals surface area contributed by atoms with Crippen LogP contribution < -0.4 is 0 Å². The molecule has 2 aliphatic rings. The Morgan fingerprint density at radius 1 is 1.55 bits per heavy atom. The van der Waals surface area contributed by atoms with Crippen molar-refractivity contribution in [3.8, 4) is 0 Å². The molecular weight excluding hydrogens is 158 g/mol. The van der Waals surface area contributed by atoms with Crippen molar-refractivity contribution in [3.63, 3.8) is 0 Å². The van der Waals surface area contributed by atoms with Crippen molar-refractivity contribution in [2.24, 2.45) is 10.9 Å². The molecule has 1 aliphatic heterocycles. The van der Waals surface area contributed by atoms with Crippen molar-refractivity contribution in [1.29, 1.82) is 0 Å². The van der Waals surface area contributed by atoms with Crippen molar-refractivity contribution in [2.45, 2.75) is 25.7 Å². The largest absolute Gasteiger partial charge is 0.272 e. The smallest absolute Gasteiger partial charge is 0.256 e. The zero-order valence-corrected chi connectivity index (χ0v) is 7.19. The lowest BCUT2D eigenvalue weighted by atomic mass is 10.2. The van der Waals surface area contributed by atoms with Gasteiger partial charge in [0, 0.05) is 0 Å². The van der Waals surface area contributed by atoms with E-state index in [-0.39, 0.29) is 5.91 Å². The lowest BCUT2D eigenvalue weighted by Crippen LogP contribution is -1.88. The van der Waals surface area contributed by atoms with Gasteiger partial charge in [0.2, 0.25) is 0 Å². The van der Waals surface area contributed by atoms with Crippen LogP contribution in [-0.2, 0) is 4.79 Å². The molecule has 1 heterocycles. The van der Waals surface area contributed by atoms with E-state index < -0.39 is 0 Å². The molecule has 0 aromatic rings. The molecule has 0 N–H and O–H groups in total. The highest BCUT2D eigenvalue weighted by Crippen LogP contribution is 2.34. The first-order valence-electron chi connectivity index (χ1n) is 4.08. The lowest BCUT2D eigenvalue weighted by molar-refractivity contribution is -0.115. The van der Waals surface area contributed by atoms with Crippen molar-refractivity contribution in [3.05, 3.63) is 0 Å². The summed E-state index contributed by atoms with van der Waals surface area (Å²) in [6.07, 6.45) is 5.08. The maximum Gasteiger partial charge on any atom is 0.256 e. The fraction of sp³-hybridized carbons (Fsp3) is 0.750. The summed E-state index contributed by atoms with van der Waals surface area (Å²) in [7, 11) is 0. The third-order valence-electron chi connectivity index (χ3n) is 2.08. The van der Waals surface area contributed by atoms with Gasteiger partial charge in [0.05, 0.1) is 10.8 Å². The highest BCUT2D eigenvalue weighted by Gasteiger charge is 2.23. The van der Waals surface area contributed by atoms with E-state index in [1.54, 1.807) is 11.8 Å². The number of nitrogens with zero attached hydrogens (tertiary/aromatic N) is 1. The number of thioether (sulfide) groups is 1. The van der Waals surface area contributed by atoms with Crippen LogP contribution in [0, 0.1) is 5.92 Å². The van der Waals surface area contributed by atoms with E-state index >= 15 is 0 Å². The zero-order chi connectivity index (χ0) is 7.68. The van der Waals surface area contributed by atoms with Gasteiger partial charge in [-0.25, -0.2) is 4.99 Å². The molecule has 2 rings (SSSR count). The molecule has 1 amide bonds. The molecule has 0 aromatic heterocycles. The van der Waals surface area contributed by atoms with E-state index in [0.717, 1.165) is 17.4 Å². The molecule has 1 aliphatic carbocycles. The number of hydrogen-bond acceptors (Lipinski definition) is 2. The Labute approximate surface area is 70.5 Å². The molecule has 0 radical (unpaired) electrons. The van der Waals surface area contributed by atoms with Gasteiger partial charge < -0.3 is 0 Å². The maximum atomic E-state index is 10.7. The molecule has 0 saturated heterocycles. The molecule has 0 bridgehead atoms. The van der Waals surface area contributed by atoms with E-state index in [2.05, 4.69) is 4.99 Å². The minimum atomic E-state index is 0.0563. The van der Waals surface area contributed by atoms with Crippen LogP contribution in [0.25, 0.3) is 0 Å². The highest BCUT2D eigenvalue weighted by atomic mass is 32.2. The molecule has 3 heteroatoms. The summed E-state index contributed by atoms with van der Waals surface area (Å²) in [5.74, 6) is 1.59. The predicted molar refractivity (Wildman–Crippen MR) is 46.9 cm³/mol. The maximum absolute atomic E-state index is 10.7. The average Bonchev–Trinajstić information content (AvgIpc) is 2.72. The highest BCUT2D eigenvalue weighted by molar-refractivity contribution is 8.15. The topological polar surface area (TPSA) is 29.4 Å². The van der Waals surface area contributed by atoms with Gasteiger partial charge in [0.15, 0.2) is 0 Å². The molecule has 0 unspecified atom stereocenters. The van der Waals surface area contributed by atoms with Crippen LogP contribution in [0.4, 0.5) is 0 Å². The Morgan fingerprint density at radius 3 is 2.91 bits per heavy atom. The summed E-state index contributed by atoms with van der Waals surface area (Å²) >= 11 is 1.62. The number of rotatable bonds is 3. The van der Waals surface area contributed by atoms with Gasteiger partial charge >= 0.3 is 0 Å². The van der Waals surface area contributed by atoms with Gasteiger partial charge in [-0.3, -0.25) is 4.79 Å². The van der Waals surface area contributed by atoms with Crippen LogP contribution in [0.3, 0.4) is 0 Å². The summed E-state index contributed by atoms with van der Waals surface area (Å²) in [6, 6.07) is 0. The third-order valence-corrected chi connectivity index (χ3v) is 3.09. The van der Waals surface area contributed by atoms with E-state index in [9.17, 15) is 4.79 Å². The Morgan fingerprint density at radius 2 is 2.36 bits per heavy atom. The number of carbonyl (C=O) groups excluding carboxylic acids is 1. The van der Waals surface area contributed by atoms with Crippen LogP contribution in [0.5, 0.6) is 0 Å². The molecule has 1 saturated carbocycles. The van der Waals surface area contributed by atoms with E-state index in [1.165, 1.54) is 19.3 Å². The van der Waals surface area contributed by atoms with Crippen molar-refractivity contribution in [1.82, 2.24) is 0 Å². The minimum Gasteiger partial charge on any atom is -0.272 e. The van der Waals surface area contributed by atoms with Crippen molar-refractivity contribution < 1.29 is 4.79 Å². The minimum absolute atomic E-state index is 0.0563. The van der Waals surface area contributed by atoms with E-state index in [0.29, 0.717) is 5.75 Å². The summed E-state index contributed by atoms with van der Waals surface area (Å²) in [6.45, 7) is 0. The first kappa shape index (κ1) is 7.35. The number of amides is 1. The van der Waals surface area contributed by atoms with Gasteiger partial charge in [-0.05, 0) is 18.8 Å². The van der Waals surface area contributed by atoms with Crippen molar-refractivity contribution >= 4 is 22.7 Å². The van der Waals surface area contributed by atoms with Crippen LogP contribution in [0.1, 0.15) is 25.7 Å². The molecule has 0 spiro atoms. The normalized spacial score (nSPS) is 24.0. The van der Waals surface area contributed by atoms with Gasteiger partial charge in [0.25, 0.3) is 5.91 Å². The van der Waals surface area contributed by atoms with Crippen LogP contribution in [0.2, 0.25) is 0 Å². The van der Waals surface area contributed by atoms with Crippen LogP contribution in [-0.4, -0.2) is 16.7 Å². The Balaban J connectivity index is 1.76. The van der Waals surface area contributed by atoms with E-state index in [4.69, 9.17) is 0 Å². The molecular formula is C8H11NOS. The summed E-state index contributed by atoms with van der Waals surface area (Å²) in [5.41, 5.74) is 0.